The zero-order valence-corrected chi connectivity index (χ0v) is 16.2. The predicted octanol–water partition coefficient (Wildman–Crippen LogP) is 3.00. The van der Waals surface area contributed by atoms with Gasteiger partial charge in [-0.3, -0.25) is 4.79 Å². The fourth-order valence-electron chi connectivity index (χ4n) is 1.89. The number of aryl methyl sites for hydroxylation is 1. The molecule has 0 saturated carbocycles. The number of thiophene rings is 1. The molecule has 1 N–H and O–H groups in total. The van der Waals surface area contributed by atoms with Crippen LogP contribution < -0.4 is 5.32 Å². The fraction of sp³-hybridized carbons (Fsp3) is 0.471. The monoisotopic (exact) mass is 363 g/mol. The molecule has 0 bridgehead atoms. The summed E-state index contributed by atoms with van der Waals surface area (Å²) >= 11 is 2.91. The van der Waals surface area contributed by atoms with Crippen LogP contribution in [0.25, 0.3) is 10.2 Å². The smallest absolute Gasteiger partial charge is 0.316 e. The molecular formula is C17H21N3O2S2. The van der Waals surface area contributed by atoms with E-state index in [1.807, 2.05) is 40.8 Å². The maximum Gasteiger partial charge on any atom is 0.316 e. The largest absolute Gasteiger partial charge is 0.459 e. The average Bonchev–Trinajstić information content (AvgIpc) is 2.86. The second kappa shape index (κ2) is 7.97. The van der Waals surface area contributed by atoms with Crippen molar-refractivity contribution in [1.29, 1.82) is 0 Å². The van der Waals surface area contributed by atoms with Crippen molar-refractivity contribution >= 4 is 39.3 Å². The average molecular weight is 364 g/mol. The van der Waals surface area contributed by atoms with Crippen LogP contribution in [0.15, 0.2) is 11.1 Å². The van der Waals surface area contributed by atoms with Gasteiger partial charge in [0.15, 0.2) is 0 Å². The molecule has 2 aromatic heterocycles. The number of carbonyl (C=O) groups is 1. The van der Waals surface area contributed by atoms with Crippen molar-refractivity contribution in [2.45, 2.75) is 38.3 Å². The Hall–Kier alpha value is -1.62. The molecule has 7 heteroatoms. The number of aromatic nitrogens is 2. The van der Waals surface area contributed by atoms with Gasteiger partial charge in [0.2, 0.25) is 0 Å². The van der Waals surface area contributed by atoms with Crippen LogP contribution >= 0.6 is 23.1 Å². The van der Waals surface area contributed by atoms with Crippen LogP contribution in [0.3, 0.4) is 0 Å². The zero-order chi connectivity index (χ0) is 17.7. The standard InChI is InChI=1S/C17H21N3O2S2/c1-11-19-15(23-10-14(21)22-17(2,3)4)13-9-12(7-6-8-18-5)24-16(13)20-11/h9,18H,8,10H2,1-5H3. The number of nitrogens with zero attached hydrogens (tertiary/aromatic N) is 2. The Morgan fingerprint density at radius 1 is 1.42 bits per heavy atom. The van der Waals surface area contributed by atoms with Crippen LogP contribution in [-0.2, 0) is 9.53 Å². The Bertz CT molecular complexity index is 798. The van der Waals surface area contributed by atoms with Crippen LogP contribution in [-0.4, -0.2) is 40.9 Å². The molecule has 0 aliphatic heterocycles. The topological polar surface area (TPSA) is 64.1 Å². The van der Waals surface area contributed by atoms with Crippen molar-refractivity contribution in [1.82, 2.24) is 15.3 Å². The van der Waals surface area contributed by atoms with Crippen LogP contribution in [0.4, 0.5) is 0 Å². The van der Waals surface area contributed by atoms with E-state index in [4.69, 9.17) is 4.74 Å². The van der Waals surface area contributed by atoms with E-state index in [0.29, 0.717) is 12.4 Å². The first-order valence-corrected chi connectivity index (χ1v) is 9.35. The number of hydrogen-bond acceptors (Lipinski definition) is 7. The second-order valence-corrected chi connectivity index (χ2v) is 8.11. The number of esters is 1. The lowest BCUT2D eigenvalue weighted by molar-refractivity contribution is -0.151. The highest BCUT2D eigenvalue weighted by Gasteiger charge is 2.18. The van der Waals surface area contributed by atoms with E-state index in [2.05, 4.69) is 27.1 Å². The van der Waals surface area contributed by atoms with E-state index >= 15 is 0 Å². The minimum Gasteiger partial charge on any atom is -0.459 e. The highest BCUT2D eigenvalue weighted by atomic mass is 32.2. The molecule has 0 unspecified atom stereocenters. The molecule has 2 heterocycles. The number of nitrogens with one attached hydrogen (secondary N) is 1. The summed E-state index contributed by atoms with van der Waals surface area (Å²) in [5.41, 5.74) is -0.479. The number of ether oxygens (including phenoxy) is 1. The van der Waals surface area contributed by atoms with Gasteiger partial charge in [-0.15, -0.1) is 11.3 Å². The Labute approximate surface area is 150 Å². The van der Waals surface area contributed by atoms with Gasteiger partial charge in [0.25, 0.3) is 0 Å². The molecule has 0 radical (unpaired) electrons. The lowest BCUT2D eigenvalue weighted by atomic mass is 10.2. The Morgan fingerprint density at radius 2 is 2.17 bits per heavy atom. The molecule has 0 aliphatic rings. The van der Waals surface area contributed by atoms with Gasteiger partial charge < -0.3 is 10.1 Å². The summed E-state index contributed by atoms with van der Waals surface area (Å²) < 4.78 is 5.34. The minimum atomic E-state index is -0.479. The minimum absolute atomic E-state index is 0.222. The van der Waals surface area contributed by atoms with E-state index < -0.39 is 5.60 Å². The molecule has 0 saturated heterocycles. The van der Waals surface area contributed by atoms with Crippen molar-refractivity contribution in [3.8, 4) is 11.8 Å². The molecule has 2 rings (SSSR count). The third-order valence-corrected chi connectivity index (χ3v) is 4.60. The van der Waals surface area contributed by atoms with Crippen molar-refractivity contribution in [2.75, 3.05) is 19.3 Å². The first-order valence-electron chi connectivity index (χ1n) is 7.55. The quantitative estimate of drug-likeness (QED) is 0.390. The first-order chi connectivity index (χ1) is 11.3. The summed E-state index contributed by atoms with van der Waals surface area (Å²) in [4.78, 5) is 22.7. The van der Waals surface area contributed by atoms with E-state index in [1.165, 1.54) is 23.1 Å². The number of hydrogen-bond donors (Lipinski definition) is 1. The van der Waals surface area contributed by atoms with Crippen molar-refractivity contribution in [3.63, 3.8) is 0 Å². The number of thioether (sulfide) groups is 1. The SMILES string of the molecule is CNCC#Cc1cc2c(SCC(=O)OC(C)(C)C)nc(C)nc2s1. The molecule has 0 aromatic carbocycles. The maximum absolute atomic E-state index is 11.9. The molecule has 128 valence electrons. The molecule has 0 atom stereocenters. The molecule has 0 amide bonds. The molecule has 24 heavy (non-hydrogen) atoms. The third kappa shape index (κ3) is 5.48. The van der Waals surface area contributed by atoms with Crippen LogP contribution in [0.2, 0.25) is 0 Å². The Kier molecular flexibility index (Phi) is 6.21. The highest BCUT2D eigenvalue weighted by Crippen LogP contribution is 2.31. The van der Waals surface area contributed by atoms with Gasteiger partial charge in [-0.05, 0) is 40.8 Å². The second-order valence-electron chi connectivity index (χ2n) is 6.11. The fourth-order valence-corrected chi connectivity index (χ4v) is 3.72. The first kappa shape index (κ1) is 18.7. The van der Waals surface area contributed by atoms with Crippen LogP contribution in [0.5, 0.6) is 0 Å². The number of fused-ring (bicyclic) bond motifs is 1. The molecule has 0 fully saturated rings. The maximum atomic E-state index is 11.9. The highest BCUT2D eigenvalue weighted by molar-refractivity contribution is 8.00. The molecule has 0 aliphatic carbocycles. The number of rotatable bonds is 4. The molecule has 2 aromatic rings. The van der Waals surface area contributed by atoms with E-state index in [0.717, 1.165) is 20.1 Å². The Balaban J connectivity index is 2.20. The van der Waals surface area contributed by atoms with Gasteiger partial charge in [0.1, 0.15) is 21.3 Å². The summed E-state index contributed by atoms with van der Waals surface area (Å²) in [6.45, 7) is 8.06. The van der Waals surface area contributed by atoms with Gasteiger partial charge in [-0.25, -0.2) is 9.97 Å². The Morgan fingerprint density at radius 3 is 2.83 bits per heavy atom. The summed E-state index contributed by atoms with van der Waals surface area (Å²) in [6.07, 6.45) is 0. The van der Waals surface area contributed by atoms with E-state index in [9.17, 15) is 4.79 Å². The van der Waals surface area contributed by atoms with Gasteiger partial charge in [0, 0.05) is 5.39 Å². The lowest BCUT2D eigenvalue weighted by Crippen LogP contribution is -2.24. The predicted molar refractivity (Wildman–Crippen MR) is 99.5 cm³/mol. The normalized spacial score (nSPS) is 11.2. The summed E-state index contributed by atoms with van der Waals surface area (Å²) in [5, 5.41) is 4.72. The van der Waals surface area contributed by atoms with Crippen molar-refractivity contribution in [3.05, 3.63) is 16.8 Å². The van der Waals surface area contributed by atoms with Crippen molar-refractivity contribution in [2.24, 2.45) is 0 Å². The summed E-state index contributed by atoms with van der Waals surface area (Å²) in [6, 6.07) is 1.99. The molecule has 0 spiro atoms. The summed E-state index contributed by atoms with van der Waals surface area (Å²) in [7, 11) is 1.86. The molecule has 5 nitrogen and oxygen atoms in total. The molecular weight excluding hydrogens is 342 g/mol. The third-order valence-electron chi connectivity index (χ3n) is 2.69. The van der Waals surface area contributed by atoms with Gasteiger partial charge in [-0.1, -0.05) is 23.6 Å². The van der Waals surface area contributed by atoms with E-state index in [1.54, 1.807) is 0 Å². The van der Waals surface area contributed by atoms with Crippen LogP contribution in [0, 0.1) is 18.8 Å². The van der Waals surface area contributed by atoms with Crippen LogP contribution in [0.1, 0.15) is 31.5 Å². The van der Waals surface area contributed by atoms with Gasteiger partial charge in [0.05, 0.1) is 17.2 Å². The van der Waals surface area contributed by atoms with Gasteiger partial charge in [-0.2, -0.15) is 0 Å². The summed E-state index contributed by atoms with van der Waals surface area (Å²) in [5.74, 6) is 6.82. The lowest BCUT2D eigenvalue weighted by Gasteiger charge is -2.19. The zero-order valence-electron chi connectivity index (χ0n) is 14.5. The van der Waals surface area contributed by atoms with Crippen molar-refractivity contribution < 1.29 is 9.53 Å². The van der Waals surface area contributed by atoms with E-state index in [-0.39, 0.29) is 11.7 Å². The number of carbonyl (C=O) groups excluding carboxylic acids is 1. The van der Waals surface area contributed by atoms with Gasteiger partial charge >= 0.3 is 5.97 Å².